The Morgan fingerprint density at radius 3 is 2.24 bits per heavy atom. The van der Waals surface area contributed by atoms with E-state index in [-0.39, 0.29) is 17.5 Å². The summed E-state index contributed by atoms with van der Waals surface area (Å²) in [6, 6.07) is 0. The van der Waals surface area contributed by atoms with Gasteiger partial charge in [-0.2, -0.15) is 0 Å². The van der Waals surface area contributed by atoms with Crippen LogP contribution in [0, 0.1) is 10.1 Å². The van der Waals surface area contributed by atoms with E-state index >= 15 is 0 Å². The molecule has 0 saturated carbocycles. The number of nitro groups is 1. The first kappa shape index (κ1) is 20.2. The number of hydrogen-bond acceptors (Lipinski definition) is 8. The van der Waals surface area contributed by atoms with Crippen LogP contribution in [0.5, 0.6) is 0 Å². The number of methoxy groups -OCH3 is 2. The average molecular weight is 405 g/mol. The first-order valence-electron chi connectivity index (χ1n) is 9.00. The smallest absolute Gasteiger partial charge is 0.378 e. The zero-order valence-corrected chi connectivity index (χ0v) is 16.7. The third kappa shape index (κ3) is 3.39. The average Bonchev–Trinajstić information content (AvgIpc) is 3.41. The summed E-state index contributed by atoms with van der Waals surface area (Å²) in [4.78, 5) is 33.3. The SMILES string of the molecule is COC(=O)c1c2c(c([N+](=O)[O-])n1C)NCC2.COC(=O)c1c2c(cn1C)NCC2. The van der Waals surface area contributed by atoms with Crippen molar-refractivity contribution in [3.05, 3.63) is 38.8 Å². The van der Waals surface area contributed by atoms with E-state index in [9.17, 15) is 19.7 Å². The van der Waals surface area contributed by atoms with Gasteiger partial charge in [0.2, 0.25) is 5.69 Å². The molecule has 2 aliphatic rings. The summed E-state index contributed by atoms with van der Waals surface area (Å²) in [5.41, 5.74) is 4.17. The summed E-state index contributed by atoms with van der Waals surface area (Å²) in [5.74, 6) is -0.893. The number of hydrogen-bond donors (Lipinski definition) is 2. The number of nitrogens with one attached hydrogen (secondary N) is 2. The van der Waals surface area contributed by atoms with Crippen LogP contribution in [-0.4, -0.2) is 53.3 Å². The van der Waals surface area contributed by atoms with Gasteiger partial charge < -0.3 is 34.8 Å². The van der Waals surface area contributed by atoms with Crippen molar-refractivity contribution in [1.82, 2.24) is 9.13 Å². The predicted octanol–water partition coefficient (Wildman–Crippen LogP) is 1.47. The molecule has 0 amide bonds. The maximum absolute atomic E-state index is 11.5. The van der Waals surface area contributed by atoms with Crippen LogP contribution in [0.2, 0.25) is 0 Å². The summed E-state index contributed by atoms with van der Waals surface area (Å²) < 4.78 is 12.4. The second kappa shape index (κ2) is 7.86. The third-order valence-corrected chi connectivity index (χ3v) is 5.05. The highest BCUT2D eigenvalue weighted by Crippen LogP contribution is 2.37. The van der Waals surface area contributed by atoms with E-state index in [0.29, 0.717) is 29.9 Å². The lowest BCUT2D eigenvalue weighted by molar-refractivity contribution is -0.390. The Labute approximate surface area is 166 Å². The first-order valence-corrected chi connectivity index (χ1v) is 9.00. The van der Waals surface area contributed by atoms with Crippen LogP contribution >= 0.6 is 0 Å². The molecular formula is C18H23N5O6. The van der Waals surface area contributed by atoms with Crippen LogP contribution in [0.25, 0.3) is 0 Å². The number of ether oxygens (including phenoxy) is 2. The molecule has 0 spiro atoms. The summed E-state index contributed by atoms with van der Waals surface area (Å²) in [7, 11) is 6.01. The van der Waals surface area contributed by atoms with Crippen molar-refractivity contribution in [2.24, 2.45) is 14.1 Å². The summed E-state index contributed by atoms with van der Waals surface area (Å²) in [6.45, 7) is 1.52. The molecule has 0 aromatic carbocycles. The molecule has 0 bridgehead atoms. The highest BCUT2D eigenvalue weighted by molar-refractivity contribution is 5.94. The third-order valence-electron chi connectivity index (χ3n) is 5.05. The van der Waals surface area contributed by atoms with Gasteiger partial charge in [-0.25, -0.2) is 14.2 Å². The number of esters is 2. The molecule has 11 nitrogen and oxygen atoms in total. The van der Waals surface area contributed by atoms with Crippen LogP contribution in [0.1, 0.15) is 32.1 Å². The van der Waals surface area contributed by atoms with E-state index in [0.717, 1.165) is 24.2 Å². The Morgan fingerprint density at radius 1 is 1.03 bits per heavy atom. The van der Waals surface area contributed by atoms with E-state index in [1.54, 1.807) is 0 Å². The van der Waals surface area contributed by atoms with Crippen molar-refractivity contribution in [3.8, 4) is 0 Å². The van der Waals surface area contributed by atoms with Crippen molar-refractivity contribution in [3.63, 3.8) is 0 Å². The fraction of sp³-hybridized carbons (Fsp3) is 0.444. The van der Waals surface area contributed by atoms with Gasteiger partial charge in [-0.05, 0) is 17.8 Å². The Morgan fingerprint density at radius 2 is 1.62 bits per heavy atom. The summed E-state index contributed by atoms with van der Waals surface area (Å²) in [6.07, 6.45) is 3.43. The van der Waals surface area contributed by atoms with Crippen LogP contribution < -0.4 is 10.6 Å². The molecule has 0 atom stereocenters. The van der Waals surface area contributed by atoms with E-state index < -0.39 is 10.9 Å². The molecule has 11 heteroatoms. The monoisotopic (exact) mass is 405 g/mol. The number of aromatic nitrogens is 2. The van der Waals surface area contributed by atoms with E-state index in [4.69, 9.17) is 4.74 Å². The molecule has 2 aromatic heterocycles. The van der Waals surface area contributed by atoms with Gasteiger partial charge in [0.1, 0.15) is 11.4 Å². The van der Waals surface area contributed by atoms with E-state index in [2.05, 4.69) is 15.4 Å². The van der Waals surface area contributed by atoms with Crippen molar-refractivity contribution >= 4 is 29.1 Å². The van der Waals surface area contributed by atoms with E-state index in [1.807, 2.05) is 17.8 Å². The van der Waals surface area contributed by atoms with Crippen LogP contribution in [0.15, 0.2) is 6.20 Å². The second-order valence-corrected chi connectivity index (χ2v) is 6.66. The van der Waals surface area contributed by atoms with Crippen molar-refractivity contribution < 1.29 is 24.0 Å². The largest absolute Gasteiger partial charge is 0.464 e. The van der Waals surface area contributed by atoms with E-state index in [1.165, 1.54) is 25.8 Å². The highest BCUT2D eigenvalue weighted by atomic mass is 16.6. The number of carbonyl (C=O) groups is 2. The number of carbonyl (C=O) groups excluding carboxylic acids is 2. The van der Waals surface area contributed by atoms with Gasteiger partial charge >= 0.3 is 17.8 Å². The maximum Gasteiger partial charge on any atom is 0.378 e. The minimum absolute atomic E-state index is 0.0899. The van der Waals surface area contributed by atoms with Crippen molar-refractivity contribution in [2.45, 2.75) is 12.8 Å². The Hall–Kier alpha value is -3.50. The predicted molar refractivity (Wildman–Crippen MR) is 105 cm³/mol. The zero-order chi connectivity index (χ0) is 21.3. The Bertz CT molecular complexity index is 990. The molecule has 0 saturated heterocycles. The lowest BCUT2D eigenvalue weighted by Crippen LogP contribution is -2.12. The maximum atomic E-state index is 11.5. The minimum atomic E-state index is -0.546. The molecule has 2 N–H and O–H groups in total. The van der Waals surface area contributed by atoms with Gasteiger partial charge in [0, 0.05) is 37.5 Å². The second-order valence-electron chi connectivity index (χ2n) is 6.66. The molecule has 0 fully saturated rings. The molecule has 2 aromatic rings. The Balaban J connectivity index is 0.000000169. The normalized spacial score (nSPS) is 13.4. The van der Waals surface area contributed by atoms with Crippen molar-refractivity contribution in [2.75, 3.05) is 37.9 Å². The molecule has 2 aliphatic heterocycles. The molecule has 0 unspecified atom stereocenters. The van der Waals surface area contributed by atoms with Gasteiger partial charge in [-0.1, -0.05) is 0 Å². The molecule has 4 heterocycles. The van der Waals surface area contributed by atoms with Gasteiger partial charge in [-0.3, -0.25) is 0 Å². The number of aryl methyl sites for hydroxylation is 1. The topological polar surface area (TPSA) is 130 Å². The van der Waals surface area contributed by atoms with Crippen molar-refractivity contribution in [1.29, 1.82) is 0 Å². The summed E-state index contributed by atoms with van der Waals surface area (Å²) in [5, 5.41) is 17.0. The van der Waals surface area contributed by atoms with Gasteiger partial charge in [0.25, 0.3) is 0 Å². The lowest BCUT2D eigenvalue weighted by Gasteiger charge is -2.02. The minimum Gasteiger partial charge on any atom is -0.464 e. The quantitative estimate of drug-likeness (QED) is 0.446. The van der Waals surface area contributed by atoms with Crippen LogP contribution in [-0.2, 0) is 36.4 Å². The van der Waals surface area contributed by atoms with Gasteiger partial charge in [-0.15, -0.1) is 0 Å². The Kier molecular flexibility index (Phi) is 5.48. The highest BCUT2D eigenvalue weighted by Gasteiger charge is 2.36. The number of nitrogens with zero attached hydrogens (tertiary/aromatic N) is 3. The first-order chi connectivity index (χ1) is 13.8. The molecular weight excluding hydrogens is 382 g/mol. The van der Waals surface area contributed by atoms with Crippen LogP contribution in [0.4, 0.5) is 17.2 Å². The molecule has 4 rings (SSSR count). The molecule has 29 heavy (non-hydrogen) atoms. The standard InChI is InChI=1S/C9H11N3O4.C9H12N2O2/c1-11-7(9(13)16-2)5-3-4-10-6(5)8(11)12(14)15;1-11-5-7-6(3-4-10-7)8(11)9(12)13-2/h10H,3-4H2,1-2H3;5,10H,3-4H2,1-2H3. The number of fused-ring (bicyclic) bond motifs is 2. The van der Waals surface area contributed by atoms with Gasteiger partial charge in [0.15, 0.2) is 0 Å². The molecule has 0 radical (unpaired) electrons. The number of anilines is 2. The zero-order valence-electron chi connectivity index (χ0n) is 16.7. The summed E-state index contributed by atoms with van der Waals surface area (Å²) >= 11 is 0. The number of rotatable bonds is 3. The van der Waals surface area contributed by atoms with Gasteiger partial charge in [0.05, 0.1) is 27.0 Å². The fourth-order valence-electron chi connectivity index (χ4n) is 3.81. The molecule has 0 aliphatic carbocycles. The fourth-order valence-corrected chi connectivity index (χ4v) is 3.81. The molecule has 156 valence electrons. The van der Waals surface area contributed by atoms with Crippen LogP contribution in [0.3, 0.4) is 0 Å². The lowest BCUT2D eigenvalue weighted by atomic mass is 10.2.